The number of aryl methyl sites for hydroxylation is 1. The molecule has 3 rings (SSSR count). The minimum Gasteiger partial charge on any atom is -0.304 e. The molecule has 2 heterocycles. The third kappa shape index (κ3) is 1.88. The molecule has 0 saturated carbocycles. The van der Waals surface area contributed by atoms with Gasteiger partial charge < -0.3 is 4.40 Å². The van der Waals surface area contributed by atoms with Crippen LogP contribution >= 0.6 is 23.2 Å². The molecule has 2 aromatic heterocycles. The summed E-state index contributed by atoms with van der Waals surface area (Å²) in [6.07, 6.45) is 1.97. The Bertz CT molecular complexity index is 732. The van der Waals surface area contributed by atoms with Gasteiger partial charge >= 0.3 is 0 Å². The average Bonchev–Trinajstić information content (AvgIpc) is 2.77. The highest BCUT2D eigenvalue weighted by molar-refractivity contribution is 6.35. The van der Waals surface area contributed by atoms with Crippen LogP contribution in [0.5, 0.6) is 0 Å². The van der Waals surface area contributed by atoms with Gasteiger partial charge in [0, 0.05) is 22.5 Å². The van der Waals surface area contributed by atoms with E-state index in [4.69, 9.17) is 23.2 Å². The molecule has 0 amide bonds. The minimum atomic E-state index is 0.653. The summed E-state index contributed by atoms with van der Waals surface area (Å²) in [5, 5.41) is 1.31. The third-order valence-electron chi connectivity index (χ3n) is 2.90. The molecule has 0 saturated heterocycles. The Balaban J connectivity index is 2.26. The summed E-state index contributed by atoms with van der Waals surface area (Å²) in [4.78, 5) is 4.57. The molecule has 0 aliphatic carbocycles. The van der Waals surface area contributed by atoms with E-state index in [-0.39, 0.29) is 0 Å². The lowest BCUT2D eigenvalue weighted by atomic mass is 10.2. The lowest BCUT2D eigenvalue weighted by Crippen LogP contribution is -1.86. The van der Waals surface area contributed by atoms with Crippen molar-refractivity contribution in [3.63, 3.8) is 0 Å². The number of fused-ring (bicyclic) bond motifs is 1. The van der Waals surface area contributed by atoms with Crippen LogP contribution < -0.4 is 0 Å². The molecule has 0 fully saturated rings. The molecular weight excluding hydrogens is 267 g/mol. The van der Waals surface area contributed by atoms with Crippen molar-refractivity contribution in [2.24, 2.45) is 0 Å². The molecule has 90 valence electrons. The van der Waals surface area contributed by atoms with E-state index in [1.54, 1.807) is 12.1 Å². The zero-order valence-corrected chi connectivity index (χ0v) is 11.2. The van der Waals surface area contributed by atoms with Gasteiger partial charge in [-0.25, -0.2) is 4.98 Å². The second-order valence-electron chi connectivity index (χ2n) is 4.15. The summed E-state index contributed by atoms with van der Waals surface area (Å²) in [6.45, 7) is 2.04. The van der Waals surface area contributed by atoms with Crippen molar-refractivity contribution >= 4 is 28.8 Å². The van der Waals surface area contributed by atoms with Crippen LogP contribution in [0.15, 0.2) is 42.6 Å². The van der Waals surface area contributed by atoms with Gasteiger partial charge in [0.2, 0.25) is 0 Å². The molecule has 0 aliphatic heterocycles. The summed E-state index contributed by atoms with van der Waals surface area (Å²) in [5.41, 5.74) is 3.72. The molecular formula is C14H10Cl2N2. The van der Waals surface area contributed by atoms with Crippen molar-refractivity contribution in [1.29, 1.82) is 0 Å². The molecule has 2 nitrogen and oxygen atoms in total. The fourth-order valence-electron chi connectivity index (χ4n) is 1.97. The normalized spacial score (nSPS) is 11.1. The number of rotatable bonds is 1. The van der Waals surface area contributed by atoms with Crippen LogP contribution in [0.4, 0.5) is 0 Å². The molecule has 0 aliphatic rings. The van der Waals surface area contributed by atoms with Gasteiger partial charge in [-0.05, 0) is 37.3 Å². The van der Waals surface area contributed by atoms with E-state index in [9.17, 15) is 0 Å². The third-order valence-corrected chi connectivity index (χ3v) is 3.46. The van der Waals surface area contributed by atoms with Crippen molar-refractivity contribution in [3.8, 4) is 11.3 Å². The number of imidazole rings is 1. The molecule has 4 heteroatoms. The Kier molecular flexibility index (Phi) is 2.77. The highest BCUT2D eigenvalue weighted by Gasteiger charge is 2.09. The molecule has 3 aromatic rings. The Morgan fingerprint density at radius 2 is 1.94 bits per heavy atom. The lowest BCUT2D eigenvalue weighted by Gasteiger charge is -2.00. The standard InChI is InChI=1S/C14H10Cl2N2/c1-9-3-2-4-14-17-13(8-18(9)14)11-7-10(15)5-6-12(11)16/h2-8H,1H3. The highest BCUT2D eigenvalue weighted by Crippen LogP contribution is 2.30. The first-order valence-corrected chi connectivity index (χ1v) is 6.31. The molecule has 1 aromatic carbocycles. The fraction of sp³-hybridized carbons (Fsp3) is 0.0714. The summed E-state index contributed by atoms with van der Waals surface area (Å²) in [6, 6.07) is 11.4. The second-order valence-corrected chi connectivity index (χ2v) is 4.99. The van der Waals surface area contributed by atoms with Crippen LogP contribution in [-0.2, 0) is 0 Å². The van der Waals surface area contributed by atoms with E-state index in [1.165, 1.54) is 0 Å². The van der Waals surface area contributed by atoms with Crippen LogP contribution in [0.1, 0.15) is 5.69 Å². The number of halogens is 2. The molecule has 0 spiro atoms. The van der Waals surface area contributed by atoms with Crippen LogP contribution in [0.3, 0.4) is 0 Å². The Labute approximate surface area is 115 Å². The van der Waals surface area contributed by atoms with E-state index in [1.807, 2.05) is 41.8 Å². The van der Waals surface area contributed by atoms with Gasteiger partial charge in [0.15, 0.2) is 0 Å². The molecule has 18 heavy (non-hydrogen) atoms. The summed E-state index contributed by atoms with van der Waals surface area (Å²) in [5.74, 6) is 0. The van der Waals surface area contributed by atoms with Gasteiger partial charge in [-0.1, -0.05) is 29.3 Å². The lowest BCUT2D eigenvalue weighted by molar-refractivity contribution is 1.09. The molecule has 0 unspecified atom stereocenters. The quantitative estimate of drug-likeness (QED) is 0.634. The number of pyridine rings is 1. The fourth-order valence-corrected chi connectivity index (χ4v) is 2.36. The molecule has 0 radical (unpaired) electrons. The first-order chi connectivity index (χ1) is 8.65. The largest absolute Gasteiger partial charge is 0.304 e. The molecule has 0 bridgehead atoms. The van der Waals surface area contributed by atoms with Gasteiger partial charge in [-0.3, -0.25) is 0 Å². The smallest absolute Gasteiger partial charge is 0.137 e. The van der Waals surface area contributed by atoms with E-state index in [0.717, 1.165) is 22.6 Å². The SMILES string of the molecule is Cc1cccc2nc(-c3cc(Cl)ccc3Cl)cn12. The van der Waals surface area contributed by atoms with E-state index in [0.29, 0.717) is 10.0 Å². The Morgan fingerprint density at radius 3 is 2.72 bits per heavy atom. The summed E-state index contributed by atoms with van der Waals surface area (Å²) < 4.78 is 2.03. The van der Waals surface area contributed by atoms with Crippen molar-refractivity contribution in [3.05, 3.63) is 58.3 Å². The van der Waals surface area contributed by atoms with Gasteiger partial charge in [-0.15, -0.1) is 0 Å². The monoisotopic (exact) mass is 276 g/mol. The number of benzene rings is 1. The van der Waals surface area contributed by atoms with Gasteiger partial charge in [-0.2, -0.15) is 0 Å². The van der Waals surface area contributed by atoms with Crippen molar-refractivity contribution in [1.82, 2.24) is 9.38 Å². The summed E-state index contributed by atoms with van der Waals surface area (Å²) in [7, 11) is 0. The maximum absolute atomic E-state index is 6.19. The first-order valence-electron chi connectivity index (χ1n) is 5.55. The van der Waals surface area contributed by atoms with Crippen molar-refractivity contribution in [2.45, 2.75) is 6.92 Å². The predicted octanol–water partition coefficient (Wildman–Crippen LogP) is 4.62. The number of hydrogen-bond donors (Lipinski definition) is 0. The average molecular weight is 277 g/mol. The first kappa shape index (κ1) is 11.6. The second kappa shape index (κ2) is 4.30. The Morgan fingerprint density at radius 1 is 1.11 bits per heavy atom. The van der Waals surface area contributed by atoms with Gasteiger partial charge in [0.1, 0.15) is 5.65 Å². The van der Waals surface area contributed by atoms with E-state index < -0.39 is 0 Å². The topological polar surface area (TPSA) is 17.3 Å². The summed E-state index contributed by atoms with van der Waals surface area (Å²) >= 11 is 12.2. The molecule has 0 N–H and O–H groups in total. The minimum absolute atomic E-state index is 0.653. The predicted molar refractivity (Wildman–Crippen MR) is 75.4 cm³/mol. The number of nitrogens with zero attached hydrogens (tertiary/aromatic N) is 2. The maximum Gasteiger partial charge on any atom is 0.137 e. The van der Waals surface area contributed by atoms with E-state index in [2.05, 4.69) is 4.98 Å². The van der Waals surface area contributed by atoms with Crippen LogP contribution in [-0.4, -0.2) is 9.38 Å². The zero-order valence-electron chi connectivity index (χ0n) is 9.69. The van der Waals surface area contributed by atoms with Crippen LogP contribution in [0, 0.1) is 6.92 Å². The number of aromatic nitrogens is 2. The van der Waals surface area contributed by atoms with Crippen molar-refractivity contribution < 1.29 is 0 Å². The van der Waals surface area contributed by atoms with E-state index >= 15 is 0 Å². The van der Waals surface area contributed by atoms with Crippen LogP contribution in [0.25, 0.3) is 16.9 Å². The maximum atomic E-state index is 6.19. The highest BCUT2D eigenvalue weighted by atomic mass is 35.5. The molecule has 0 atom stereocenters. The Hall–Kier alpha value is -1.51. The number of hydrogen-bond acceptors (Lipinski definition) is 1. The van der Waals surface area contributed by atoms with Gasteiger partial charge in [0.05, 0.1) is 10.7 Å². The van der Waals surface area contributed by atoms with Gasteiger partial charge in [0.25, 0.3) is 0 Å². The van der Waals surface area contributed by atoms with Crippen molar-refractivity contribution in [2.75, 3.05) is 0 Å². The zero-order chi connectivity index (χ0) is 12.7. The van der Waals surface area contributed by atoms with Crippen LogP contribution in [0.2, 0.25) is 10.0 Å².